The first-order chi connectivity index (χ1) is 15.9. The van der Waals surface area contributed by atoms with Crippen molar-refractivity contribution >= 4 is 12.2 Å². The lowest BCUT2D eigenvalue weighted by atomic mass is 10.0. The summed E-state index contributed by atoms with van der Waals surface area (Å²) in [5.41, 5.74) is 1.54. The summed E-state index contributed by atoms with van der Waals surface area (Å²) in [7, 11) is 1.80. The maximum Gasteiger partial charge on any atom is 0.341 e. The van der Waals surface area contributed by atoms with E-state index in [4.69, 9.17) is 4.74 Å². The molecule has 1 aromatic carbocycles. The summed E-state index contributed by atoms with van der Waals surface area (Å²) in [4.78, 5) is 22.6. The number of urea groups is 1. The van der Waals surface area contributed by atoms with Gasteiger partial charge in [-0.2, -0.15) is 5.10 Å². The largest absolute Gasteiger partial charge is 0.468 e. The maximum absolute atomic E-state index is 14.3. The molecule has 8 nitrogen and oxygen atoms in total. The molecule has 2 aromatic heterocycles. The third-order valence-corrected chi connectivity index (χ3v) is 5.59. The Labute approximate surface area is 186 Å². The highest BCUT2D eigenvalue weighted by atomic mass is 19.1. The van der Waals surface area contributed by atoms with Crippen LogP contribution in [0.5, 0.6) is 5.88 Å². The number of carbonyl (C=O) groups excluding carboxylic acids is 1. The molecule has 2 aliphatic heterocycles. The van der Waals surface area contributed by atoms with Gasteiger partial charge in [0.05, 0.1) is 43.0 Å². The average molecular weight is 456 g/mol. The number of carbonyl (C=O) groups is 1. The van der Waals surface area contributed by atoms with Gasteiger partial charge in [-0.3, -0.25) is 0 Å². The first kappa shape index (κ1) is 21.0. The Hall–Kier alpha value is -3.89. The second-order valence-corrected chi connectivity index (χ2v) is 7.90. The molecule has 1 fully saturated rings. The third-order valence-electron chi connectivity index (χ3n) is 5.59. The Bertz CT molecular complexity index is 1220. The van der Waals surface area contributed by atoms with Gasteiger partial charge in [0.15, 0.2) is 5.82 Å². The molecule has 0 saturated carbocycles. The highest BCUT2D eigenvalue weighted by Gasteiger charge is 2.39. The number of hydrogen-bond donors (Lipinski definition) is 0. The quantitative estimate of drug-likeness (QED) is 0.602. The second kappa shape index (κ2) is 8.23. The van der Waals surface area contributed by atoms with E-state index >= 15 is 0 Å². The Morgan fingerprint density at radius 3 is 2.58 bits per heavy atom. The van der Waals surface area contributed by atoms with E-state index in [9.17, 15) is 18.0 Å². The summed E-state index contributed by atoms with van der Waals surface area (Å²) >= 11 is 0. The molecule has 5 rings (SSSR count). The van der Waals surface area contributed by atoms with Crippen LogP contribution >= 0.6 is 0 Å². The lowest BCUT2D eigenvalue weighted by molar-refractivity contribution is 0.0231. The predicted octanol–water partition coefficient (Wildman–Crippen LogP) is 3.52. The molecule has 4 heterocycles. The minimum atomic E-state index is -0.718. The number of aryl methyl sites for hydroxylation is 1. The molecule has 3 aromatic rings. The molecule has 0 spiro atoms. The van der Waals surface area contributed by atoms with Crippen LogP contribution in [-0.2, 0) is 7.05 Å². The number of ether oxygens (including phenoxy) is 1. The van der Waals surface area contributed by atoms with Gasteiger partial charge in [0.25, 0.3) is 5.88 Å². The van der Waals surface area contributed by atoms with Crippen molar-refractivity contribution in [3.05, 3.63) is 65.9 Å². The summed E-state index contributed by atoms with van der Waals surface area (Å²) in [6.45, 7) is 0.401. The number of imidazole rings is 1. The first-order valence-corrected chi connectivity index (χ1v) is 10.3. The van der Waals surface area contributed by atoms with E-state index in [1.54, 1.807) is 24.1 Å². The van der Waals surface area contributed by atoms with Gasteiger partial charge in [-0.25, -0.2) is 32.9 Å². The van der Waals surface area contributed by atoms with Crippen molar-refractivity contribution in [3.63, 3.8) is 0 Å². The maximum atomic E-state index is 14.3. The van der Waals surface area contributed by atoms with Gasteiger partial charge >= 0.3 is 6.03 Å². The van der Waals surface area contributed by atoms with Crippen molar-refractivity contribution < 1.29 is 22.7 Å². The summed E-state index contributed by atoms with van der Waals surface area (Å²) in [5, 5.41) is 5.28. The summed E-state index contributed by atoms with van der Waals surface area (Å²) in [6, 6.07) is 4.94. The minimum absolute atomic E-state index is 0.155. The van der Waals surface area contributed by atoms with E-state index in [0.29, 0.717) is 23.4 Å². The van der Waals surface area contributed by atoms with E-state index in [1.165, 1.54) is 40.4 Å². The smallest absolute Gasteiger partial charge is 0.341 e. The van der Waals surface area contributed by atoms with E-state index in [0.717, 1.165) is 6.07 Å². The zero-order valence-electron chi connectivity index (χ0n) is 17.5. The SMILES string of the molecule is Cn1cncc1-c1ccc(F)c(OC2CN(C(=O)N3N=CC[C@H]3c3cc(F)cc(F)c3)C2)n1. The van der Waals surface area contributed by atoms with Crippen LogP contribution in [0.3, 0.4) is 0 Å². The fourth-order valence-electron chi connectivity index (χ4n) is 3.87. The number of benzene rings is 1. The molecule has 1 saturated heterocycles. The first-order valence-electron chi connectivity index (χ1n) is 10.3. The van der Waals surface area contributed by atoms with Crippen LogP contribution in [0.15, 0.2) is 48.0 Å². The molecule has 0 N–H and O–H groups in total. The van der Waals surface area contributed by atoms with Crippen LogP contribution in [0.1, 0.15) is 18.0 Å². The van der Waals surface area contributed by atoms with Crippen molar-refractivity contribution in [1.29, 1.82) is 0 Å². The van der Waals surface area contributed by atoms with E-state index in [-0.39, 0.29) is 19.0 Å². The van der Waals surface area contributed by atoms with Crippen LogP contribution in [0.4, 0.5) is 18.0 Å². The number of amides is 2. The molecular formula is C22H19F3N6O2. The molecule has 0 bridgehead atoms. The standard InChI is InChI=1S/C22H19F3N6O2/c1-29-12-26-9-20(29)18-3-2-17(25)21(28-18)33-16-10-30(11-16)22(32)31-19(4-5-27-31)13-6-14(23)8-15(24)7-13/h2-3,5-9,12,16,19H,4,10-11H2,1H3/t19-/m0/s1. The van der Waals surface area contributed by atoms with Crippen molar-refractivity contribution in [1.82, 2.24) is 24.4 Å². The van der Waals surface area contributed by atoms with E-state index < -0.39 is 35.6 Å². The number of pyridine rings is 1. The molecule has 0 radical (unpaired) electrons. The van der Waals surface area contributed by atoms with Gasteiger partial charge in [0, 0.05) is 25.7 Å². The number of hydrazone groups is 1. The van der Waals surface area contributed by atoms with Crippen LogP contribution in [0.2, 0.25) is 0 Å². The molecule has 1 atom stereocenters. The number of halogens is 3. The molecule has 0 unspecified atom stereocenters. The Balaban J connectivity index is 1.24. The minimum Gasteiger partial charge on any atom is -0.468 e. The van der Waals surface area contributed by atoms with Gasteiger partial charge in [-0.05, 0) is 29.8 Å². The van der Waals surface area contributed by atoms with Crippen molar-refractivity contribution in [2.45, 2.75) is 18.6 Å². The molecule has 33 heavy (non-hydrogen) atoms. The molecular weight excluding hydrogens is 437 g/mol. The van der Waals surface area contributed by atoms with Crippen molar-refractivity contribution in [2.75, 3.05) is 13.1 Å². The second-order valence-electron chi connectivity index (χ2n) is 7.90. The third kappa shape index (κ3) is 4.01. The van der Waals surface area contributed by atoms with Crippen LogP contribution in [-0.4, -0.2) is 55.9 Å². The Morgan fingerprint density at radius 1 is 1.12 bits per heavy atom. The molecule has 2 amide bonds. The molecule has 170 valence electrons. The molecule has 0 aliphatic carbocycles. The van der Waals surface area contributed by atoms with Gasteiger partial charge < -0.3 is 14.2 Å². The normalized spacial score (nSPS) is 18.0. The number of nitrogens with zero attached hydrogens (tertiary/aromatic N) is 6. The van der Waals surface area contributed by atoms with Gasteiger partial charge in [-0.15, -0.1) is 0 Å². The zero-order chi connectivity index (χ0) is 23.1. The zero-order valence-corrected chi connectivity index (χ0v) is 17.5. The topological polar surface area (TPSA) is 75.8 Å². The highest BCUT2D eigenvalue weighted by Crippen LogP contribution is 2.32. The average Bonchev–Trinajstić information content (AvgIpc) is 3.39. The Morgan fingerprint density at radius 2 is 1.88 bits per heavy atom. The Kier molecular flexibility index (Phi) is 5.23. The predicted molar refractivity (Wildman–Crippen MR) is 112 cm³/mol. The fourth-order valence-corrected chi connectivity index (χ4v) is 3.87. The van der Waals surface area contributed by atoms with Gasteiger partial charge in [0.1, 0.15) is 17.7 Å². The molecule has 2 aliphatic rings. The van der Waals surface area contributed by atoms with Crippen molar-refractivity contribution in [2.24, 2.45) is 12.1 Å². The number of likely N-dealkylation sites (tertiary alicyclic amines) is 1. The summed E-state index contributed by atoms with van der Waals surface area (Å²) in [6.07, 6.45) is 4.66. The van der Waals surface area contributed by atoms with Crippen molar-refractivity contribution in [3.8, 4) is 17.3 Å². The number of rotatable bonds is 4. The van der Waals surface area contributed by atoms with Gasteiger partial charge in [0.2, 0.25) is 0 Å². The lowest BCUT2D eigenvalue weighted by Crippen LogP contribution is -2.59. The van der Waals surface area contributed by atoms with E-state index in [2.05, 4.69) is 15.1 Å². The van der Waals surface area contributed by atoms with Crippen LogP contribution < -0.4 is 4.74 Å². The van der Waals surface area contributed by atoms with E-state index in [1.807, 2.05) is 0 Å². The molecule has 11 heteroatoms. The number of aromatic nitrogens is 3. The summed E-state index contributed by atoms with van der Waals surface area (Å²) < 4.78 is 48.9. The summed E-state index contributed by atoms with van der Waals surface area (Å²) in [5.74, 6) is -2.20. The lowest BCUT2D eigenvalue weighted by Gasteiger charge is -2.40. The van der Waals surface area contributed by atoms with Gasteiger partial charge in [-0.1, -0.05) is 0 Å². The monoisotopic (exact) mass is 456 g/mol. The van der Waals surface area contributed by atoms with Crippen LogP contribution in [0.25, 0.3) is 11.4 Å². The number of hydrogen-bond acceptors (Lipinski definition) is 5. The fraction of sp³-hybridized carbons (Fsp3) is 0.273. The highest BCUT2D eigenvalue weighted by molar-refractivity contribution is 5.79. The van der Waals surface area contributed by atoms with Crippen LogP contribution in [0, 0.1) is 17.5 Å².